The van der Waals surface area contributed by atoms with Crippen LogP contribution in [0.5, 0.6) is 0 Å². The largest absolute Gasteiger partial charge is 0.0764 e. The zero-order chi connectivity index (χ0) is 10.3. The van der Waals surface area contributed by atoms with Gasteiger partial charge in [0.2, 0.25) is 0 Å². The van der Waals surface area contributed by atoms with Crippen molar-refractivity contribution >= 4 is 6.08 Å². The van der Waals surface area contributed by atoms with Gasteiger partial charge in [-0.25, -0.2) is 0 Å². The lowest BCUT2D eigenvalue weighted by Gasteiger charge is -2.19. The molecular weight excluding hydrogens is 180 g/mol. The Hall–Kier alpha value is -1.04. The van der Waals surface area contributed by atoms with Crippen molar-refractivity contribution in [2.45, 2.75) is 44.9 Å². The smallest absolute Gasteiger partial charge is 0.00247 e. The van der Waals surface area contributed by atoms with Gasteiger partial charge in [-0.15, -0.1) is 0 Å². The minimum atomic E-state index is 0.687. The molecule has 2 aliphatic carbocycles. The Bertz CT molecular complexity index is 412. The second-order valence-corrected chi connectivity index (χ2v) is 4.83. The molecule has 1 aromatic rings. The van der Waals surface area contributed by atoms with Crippen LogP contribution < -0.4 is 0 Å². The molecule has 2 aliphatic rings. The first-order valence-electron chi connectivity index (χ1n) is 6.22. The summed E-state index contributed by atoms with van der Waals surface area (Å²) in [5.74, 6) is 0.687. The van der Waals surface area contributed by atoms with E-state index in [4.69, 9.17) is 0 Å². The highest BCUT2D eigenvalue weighted by Gasteiger charge is 2.19. The lowest BCUT2D eigenvalue weighted by molar-refractivity contribution is 0.682. The maximum atomic E-state index is 2.48. The molecule has 1 atom stereocenters. The van der Waals surface area contributed by atoms with Crippen molar-refractivity contribution in [3.8, 4) is 0 Å². The van der Waals surface area contributed by atoms with Crippen molar-refractivity contribution in [2.24, 2.45) is 0 Å². The van der Waals surface area contributed by atoms with Crippen LogP contribution >= 0.6 is 0 Å². The number of rotatable bonds is 1. The minimum absolute atomic E-state index is 0.687. The molecular formula is C15H18. The molecule has 0 heteroatoms. The predicted octanol–water partition coefficient (Wildman–Crippen LogP) is 4.09. The first-order valence-corrected chi connectivity index (χ1v) is 6.22. The average molecular weight is 198 g/mol. The number of benzene rings is 1. The zero-order valence-electron chi connectivity index (χ0n) is 9.42. The highest BCUT2D eigenvalue weighted by molar-refractivity contribution is 5.64. The third-order valence-electron chi connectivity index (χ3n) is 3.89. The maximum Gasteiger partial charge on any atom is 0.00247 e. The van der Waals surface area contributed by atoms with Crippen LogP contribution in [0.15, 0.2) is 18.2 Å². The predicted molar refractivity (Wildman–Crippen MR) is 65.2 cm³/mol. The molecule has 0 nitrogen and oxygen atoms in total. The summed E-state index contributed by atoms with van der Waals surface area (Å²) < 4.78 is 0. The van der Waals surface area contributed by atoms with Crippen molar-refractivity contribution in [2.75, 3.05) is 0 Å². The molecule has 1 aromatic carbocycles. The van der Waals surface area contributed by atoms with Crippen LogP contribution in [0.1, 0.15) is 54.4 Å². The van der Waals surface area contributed by atoms with E-state index in [9.17, 15) is 0 Å². The molecule has 0 aliphatic heterocycles. The van der Waals surface area contributed by atoms with Gasteiger partial charge in [-0.05, 0) is 54.4 Å². The summed E-state index contributed by atoms with van der Waals surface area (Å²) in [5, 5.41) is 0. The van der Waals surface area contributed by atoms with Crippen molar-refractivity contribution in [3.05, 3.63) is 40.5 Å². The molecule has 0 N–H and O–H groups in total. The van der Waals surface area contributed by atoms with Crippen LogP contribution in [0.2, 0.25) is 0 Å². The zero-order valence-corrected chi connectivity index (χ0v) is 9.42. The van der Waals surface area contributed by atoms with E-state index in [0.717, 1.165) is 0 Å². The third kappa shape index (κ3) is 1.43. The van der Waals surface area contributed by atoms with Crippen LogP contribution in [0.3, 0.4) is 0 Å². The van der Waals surface area contributed by atoms with E-state index in [1.54, 1.807) is 16.7 Å². The molecule has 1 unspecified atom stereocenters. The van der Waals surface area contributed by atoms with Crippen molar-refractivity contribution in [3.63, 3.8) is 0 Å². The van der Waals surface area contributed by atoms with E-state index < -0.39 is 0 Å². The van der Waals surface area contributed by atoms with Crippen molar-refractivity contribution in [1.82, 2.24) is 0 Å². The molecule has 0 bridgehead atoms. The molecule has 0 spiro atoms. The number of hydrogen-bond acceptors (Lipinski definition) is 0. The minimum Gasteiger partial charge on any atom is -0.0764 e. The summed E-state index contributed by atoms with van der Waals surface area (Å²) in [6.45, 7) is 2.28. The van der Waals surface area contributed by atoms with Gasteiger partial charge in [-0.2, -0.15) is 0 Å². The molecule has 0 saturated carbocycles. The van der Waals surface area contributed by atoms with Gasteiger partial charge in [-0.3, -0.25) is 0 Å². The van der Waals surface area contributed by atoms with Gasteiger partial charge in [0.15, 0.2) is 0 Å². The molecule has 0 saturated heterocycles. The molecule has 78 valence electrons. The molecule has 0 fully saturated rings. The van der Waals surface area contributed by atoms with E-state index in [0.29, 0.717) is 5.92 Å². The van der Waals surface area contributed by atoms with E-state index in [-0.39, 0.29) is 0 Å². The number of allylic oxidation sites excluding steroid dienone is 1. The maximum absolute atomic E-state index is 2.48. The first-order chi connectivity index (χ1) is 7.38. The monoisotopic (exact) mass is 198 g/mol. The van der Waals surface area contributed by atoms with Crippen LogP contribution in [-0.4, -0.2) is 0 Å². The Morgan fingerprint density at radius 3 is 2.60 bits per heavy atom. The van der Waals surface area contributed by atoms with Gasteiger partial charge in [0.1, 0.15) is 0 Å². The highest BCUT2D eigenvalue weighted by atomic mass is 14.2. The van der Waals surface area contributed by atoms with E-state index in [1.165, 1.54) is 37.7 Å². The fourth-order valence-electron chi connectivity index (χ4n) is 2.97. The first kappa shape index (κ1) is 9.21. The molecule has 0 radical (unpaired) electrons. The number of aryl methyl sites for hydroxylation is 2. The van der Waals surface area contributed by atoms with Crippen molar-refractivity contribution in [1.29, 1.82) is 0 Å². The molecule has 0 heterocycles. The topological polar surface area (TPSA) is 0 Å². The summed E-state index contributed by atoms with van der Waals surface area (Å²) in [6, 6.07) is 4.92. The Balaban J connectivity index is 2.08. The SMILES string of the molecule is CCC1C=Cc2cc3c(cc21)CCCC3. The Morgan fingerprint density at radius 1 is 1.13 bits per heavy atom. The number of hydrogen-bond donors (Lipinski definition) is 0. The van der Waals surface area contributed by atoms with Gasteiger partial charge in [0.05, 0.1) is 0 Å². The Morgan fingerprint density at radius 2 is 1.87 bits per heavy atom. The van der Waals surface area contributed by atoms with Gasteiger partial charge in [-0.1, -0.05) is 31.2 Å². The Kier molecular flexibility index (Phi) is 2.16. The normalized spacial score (nSPS) is 22.6. The summed E-state index contributed by atoms with van der Waals surface area (Å²) >= 11 is 0. The van der Waals surface area contributed by atoms with Gasteiger partial charge < -0.3 is 0 Å². The molecule has 3 rings (SSSR count). The van der Waals surface area contributed by atoms with Gasteiger partial charge in [0.25, 0.3) is 0 Å². The van der Waals surface area contributed by atoms with Gasteiger partial charge in [0, 0.05) is 5.92 Å². The fourth-order valence-corrected chi connectivity index (χ4v) is 2.97. The standard InChI is InChI=1S/C15H18/c1-2-11-7-8-14-9-12-5-3-4-6-13(12)10-15(11)14/h7-11H,2-6H2,1H3. The van der Waals surface area contributed by atoms with Gasteiger partial charge >= 0.3 is 0 Å². The molecule has 0 amide bonds. The van der Waals surface area contributed by atoms with E-state index in [1.807, 2.05) is 0 Å². The van der Waals surface area contributed by atoms with Crippen LogP contribution in [0.4, 0.5) is 0 Å². The summed E-state index contributed by atoms with van der Waals surface area (Å²) in [5.41, 5.74) is 6.31. The van der Waals surface area contributed by atoms with Crippen molar-refractivity contribution < 1.29 is 0 Å². The number of fused-ring (bicyclic) bond motifs is 2. The quantitative estimate of drug-likeness (QED) is 0.637. The summed E-state index contributed by atoms with van der Waals surface area (Å²) in [4.78, 5) is 0. The Labute approximate surface area is 92.0 Å². The summed E-state index contributed by atoms with van der Waals surface area (Å²) in [6.07, 6.45) is 11.3. The highest BCUT2D eigenvalue weighted by Crippen LogP contribution is 2.36. The average Bonchev–Trinajstić information content (AvgIpc) is 2.68. The van der Waals surface area contributed by atoms with Crippen LogP contribution in [0, 0.1) is 0 Å². The second kappa shape index (κ2) is 3.52. The second-order valence-electron chi connectivity index (χ2n) is 4.83. The van der Waals surface area contributed by atoms with E-state index >= 15 is 0 Å². The fraction of sp³-hybridized carbons (Fsp3) is 0.467. The lowest BCUT2D eigenvalue weighted by Crippen LogP contribution is -2.04. The molecule has 0 aromatic heterocycles. The third-order valence-corrected chi connectivity index (χ3v) is 3.89. The lowest BCUT2D eigenvalue weighted by atomic mass is 9.86. The molecule has 15 heavy (non-hydrogen) atoms. The van der Waals surface area contributed by atoms with Crippen LogP contribution in [-0.2, 0) is 12.8 Å². The van der Waals surface area contributed by atoms with Crippen LogP contribution in [0.25, 0.3) is 6.08 Å². The van der Waals surface area contributed by atoms with E-state index in [2.05, 4.69) is 31.2 Å². The summed E-state index contributed by atoms with van der Waals surface area (Å²) in [7, 11) is 0.